The van der Waals surface area contributed by atoms with Crippen molar-refractivity contribution in [2.75, 3.05) is 19.6 Å². The molecule has 1 rings (SSSR count). The molecule has 1 atom stereocenters. The van der Waals surface area contributed by atoms with Crippen molar-refractivity contribution in [3.63, 3.8) is 0 Å². The second-order valence-electron chi connectivity index (χ2n) is 2.83. The molecule has 1 aliphatic rings. The van der Waals surface area contributed by atoms with Crippen LogP contribution in [0.25, 0.3) is 0 Å². The lowest BCUT2D eigenvalue weighted by atomic mass is 10.2. The Balaban J connectivity index is 2.32. The maximum Gasteiger partial charge on any atom is 0.0324 e. The normalized spacial score (nSPS) is 27.8. The summed E-state index contributed by atoms with van der Waals surface area (Å²) in [6, 6.07) is 0.643. The second-order valence-corrected chi connectivity index (χ2v) is 2.83. The number of piperazine rings is 1. The van der Waals surface area contributed by atoms with Gasteiger partial charge in [0.1, 0.15) is 0 Å². The predicted octanol–water partition coefficient (Wildman–Crippen LogP) is 0.814. The first-order chi connectivity index (χ1) is 4.83. The fourth-order valence-corrected chi connectivity index (χ4v) is 1.31. The van der Waals surface area contributed by atoms with Gasteiger partial charge in [-0.1, -0.05) is 6.08 Å². The third kappa shape index (κ3) is 2.03. The van der Waals surface area contributed by atoms with Gasteiger partial charge in [-0.15, -0.1) is 0 Å². The molecule has 0 aromatic heterocycles. The Morgan fingerprint density at radius 2 is 2.40 bits per heavy atom. The number of hydrogen-bond donors (Lipinski definition) is 1. The van der Waals surface area contributed by atoms with Crippen LogP contribution in [0, 0.1) is 0 Å². The summed E-state index contributed by atoms with van der Waals surface area (Å²) in [7, 11) is 0. The monoisotopic (exact) mass is 140 g/mol. The zero-order valence-electron chi connectivity index (χ0n) is 6.80. The summed E-state index contributed by atoms with van der Waals surface area (Å²) in [5.41, 5.74) is 0. The smallest absolute Gasteiger partial charge is 0.0324 e. The highest BCUT2D eigenvalue weighted by Crippen LogP contribution is 1.97. The lowest BCUT2D eigenvalue weighted by Gasteiger charge is -2.30. The van der Waals surface area contributed by atoms with Crippen molar-refractivity contribution < 1.29 is 0 Å². The molecule has 0 radical (unpaired) electrons. The lowest BCUT2D eigenvalue weighted by molar-refractivity contribution is 0.276. The van der Waals surface area contributed by atoms with E-state index in [9.17, 15) is 0 Å². The van der Waals surface area contributed by atoms with Crippen LogP contribution in [-0.2, 0) is 0 Å². The molecule has 1 N–H and O–H groups in total. The summed E-state index contributed by atoms with van der Waals surface area (Å²) >= 11 is 0. The Morgan fingerprint density at radius 1 is 1.60 bits per heavy atom. The van der Waals surface area contributed by atoms with Crippen LogP contribution in [-0.4, -0.2) is 30.6 Å². The molecule has 0 amide bonds. The van der Waals surface area contributed by atoms with Gasteiger partial charge in [-0.3, -0.25) is 0 Å². The van der Waals surface area contributed by atoms with Crippen LogP contribution in [0.15, 0.2) is 12.3 Å². The van der Waals surface area contributed by atoms with E-state index in [4.69, 9.17) is 0 Å². The van der Waals surface area contributed by atoms with Crippen molar-refractivity contribution in [3.05, 3.63) is 12.3 Å². The van der Waals surface area contributed by atoms with Crippen LogP contribution in [0.5, 0.6) is 0 Å². The van der Waals surface area contributed by atoms with Crippen molar-refractivity contribution >= 4 is 0 Å². The molecule has 0 aliphatic carbocycles. The van der Waals surface area contributed by atoms with E-state index in [2.05, 4.69) is 36.3 Å². The van der Waals surface area contributed by atoms with E-state index < -0.39 is 0 Å². The molecular formula is C8H16N2. The van der Waals surface area contributed by atoms with E-state index >= 15 is 0 Å². The second kappa shape index (κ2) is 3.62. The van der Waals surface area contributed by atoms with Gasteiger partial charge in [0, 0.05) is 25.7 Å². The molecule has 2 heteroatoms. The van der Waals surface area contributed by atoms with Crippen molar-refractivity contribution in [3.8, 4) is 0 Å². The molecule has 1 saturated heterocycles. The summed E-state index contributed by atoms with van der Waals surface area (Å²) in [4.78, 5) is 2.35. The standard InChI is InChI=1S/C8H16N2/c1-3-5-10-6-4-9-8(2)7-10/h3,5,8-9H,4,6-7H2,1-2H3. The van der Waals surface area contributed by atoms with E-state index in [0.29, 0.717) is 6.04 Å². The first-order valence-electron chi connectivity index (χ1n) is 3.93. The molecule has 2 nitrogen and oxygen atoms in total. The molecule has 1 heterocycles. The minimum atomic E-state index is 0.643. The summed E-state index contributed by atoms with van der Waals surface area (Å²) in [6.07, 6.45) is 4.26. The topological polar surface area (TPSA) is 15.3 Å². The number of allylic oxidation sites excluding steroid dienone is 1. The number of rotatable bonds is 1. The van der Waals surface area contributed by atoms with E-state index in [1.54, 1.807) is 0 Å². The fourth-order valence-electron chi connectivity index (χ4n) is 1.31. The largest absolute Gasteiger partial charge is 0.375 e. The maximum absolute atomic E-state index is 3.39. The highest BCUT2D eigenvalue weighted by Gasteiger charge is 2.10. The third-order valence-corrected chi connectivity index (χ3v) is 1.76. The molecule has 0 aromatic rings. The minimum Gasteiger partial charge on any atom is -0.375 e. The maximum atomic E-state index is 3.39. The van der Waals surface area contributed by atoms with Crippen LogP contribution in [0.4, 0.5) is 0 Å². The van der Waals surface area contributed by atoms with E-state index in [1.165, 1.54) is 0 Å². The Bertz CT molecular complexity index is 120. The van der Waals surface area contributed by atoms with Gasteiger partial charge in [0.25, 0.3) is 0 Å². The van der Waals surface area contributed by atoms with Gasteiger partial charge in [0.15, 0.2) is 0 Å². The van der Waals surface area contributed by atoms with Gasteiger partial charge in [0.2, 0.25) is 0 Å². The number of nitrogens with one attached hydrogen (secondary N) is 1. The number of hydrogen-bond acceptors (Lipinski definition) is 2. The molecule has 1 unspecified atom stereocenters. The zero-order chi connectivity index (χ0) is 7.40. The first kappa shape index (κ1) is 7.61. The van der Waals surface area contributed by atoms with Gasteiger partial charge in [-0.2, -0.15) is 0 Å². The molecule has 58 valence electrons. The molecule has 1 fully saturated rings. The molecule has 1 aliphatic heterocycles. The molecule has 0 saturated carbocycles. The number of nitrogens with zero attached hydrogens (tertiary/aromatic N) is 1. The van der Waals surface area contributed by atoms with Crippen molar-refractivity contribution in [1.82, 2.24) is 10.2 Å². The van der Waals surface area contributed by atoms with Crippen LogP contribution in [0.2, 0.25) is 0 Å². The summed E-state index contributed by atoms with van der Waals surface area (Å²) < 4.78 is 0. The fraction of sp³-hybridized carbons (Fsp3) is 0.750. The minimum absolute atomic E-state index is 0.643. The van der Waals surface area contributed by atoms with Crippen molar-refractivity contribution in [2.45, 2.75) is 19.9 Å². The average Bonchev–Trinajstić information content (AvgIpc) is 1.88. The summed E-state index contributed by atoms with van der Waals surface area (Å²) in [5.74, 6) is 0. The Kier molecular flexibility index (Phi) is 2.75. The van der Waals surface area contributed by atoms with Gasteiger partial charge >= 0.3 is 0 Å². The van der Waals surface area contributed by atoms with Crippen LogP contribution < -0.4 is 5.32 Å². The van der Waals surface area contributed by atoms with E-state index in [-0.39, 0.29) is 0 Å². The Labute approximate surface area is 62.9 Å². The molecule has 0 bridgehead atoms. The van der Waals surface area contributed by atoms with Crippen LogP contribution in [0.1, 0.15) is 13.8 Å². The lowest BCUT2D eigenvalue weighted by Crippen LogP contribution is -2.46. The molecule has 0 aromatic carbocycles. The van der Waals surface area contributed by atoms with Gasteiger partial charge in [-0.05, 0) is 20.0 Å². The molecular weight excluding hydrogens is 124 g/mol. The van der Waals surface area contributed by atoms with Crippen molar-refractivity contribution in [2.24, 2.45) is 0 Å². The average molecular weight is 140 g/mol. The van der Waals surface area contributed by atoms with Crippen LogP contribution >= 0.6 is 0 Å². The Hall–Kier alpha value is -0.500. The van der Waals surface area contributed by atoms with Crippen molar-refractivity contribution in [1.29, 1.82) is 0 Å². The molecule has 10 heavy (non-hydrogen) atoms. The molecule has 0 spiro atoms. The predicted molar refractivity (Wildman–Crippen MR) is 43.9 cm³/mol. The van der Waals surface area contributed by atoms with Gasteiger partial charge in [-0.25, -0.2) is 0 Å². The van der Waals surface area contributed by atoms with Gasteiger partial charge < -0.3 is 10.2 Å². The highest BCUT2D eigenvalue weighted by atomic mass is 15.2. The SMILES string of the molecule is CC=CN1CCNC(C)C1. The zero-order valence-corrected chi connectivity index (χ0v) is 6.80. The van der Waals surface area contributed by atoms with E-state index in [0.717, 1.165) is 19.6 Å². The quantitative estimate of drug-likeness (QED) is 0.580. The van der Waals surface area contributed by atoms with Crippen LogP contribution in [0.3, 0.4) is 0 Å². The third-order valence-electron chi connectivity index (χ3n) is 1.76. The summed E-state index contributed by atoms with van der Waals surface area (Å²) in [5, 5.41) is 3.39. The highest BCUT2D eigenvalue weighted by molar-refractivity contribution is 4.84. The van der Waals surface area contributed by atoms with Gasteiger partial charge in [0.05, 0.1) is 0 Å². The Morgan fingerprint density at radius 3 is 3.00 bits per heavy atom. The van der Waals surface area contributed by atoms with E-state index in [1.807, 2.05) is 0 Å². The summed E-state index contributed by atoms with van der Waals surface area (Å²) in [6.45, 7) is 7.69. The first-order valence-corrected chi connectivity index (χ1v) is 3.93.